The van der Waals surface area contributed by atoms with Gasteiger partial charge in [0.2, 0.25) is 0 Å². The topological polar surface area (TPSA) is 109 Å². The summed E-state index contributed by atoms with van der Waals surface area (Å²) < 4.78 is 0.458. The average molecular weight is 345 g/mol. The maximum atomic E-state index is 11.3. The molecule has 0 bridgehead atoms. The number of pyridine rings is 1. The zero-order chi connectivity index (χ0) is 14.9. The Labute approximate surface area is 123 Å². The minimum absolute atomic E-state index is 0.0948. The van der Waals surface area contributed by atoms with Crippen molar-refractivity contribution in [2.24, 2.45) is 0 Å². The number of halogens is 1. The molecule has 1 aromatic rings. The van der Waals surface area contributed by atoms with Crippen LogP contribution in [0.3, 0.4) is 0 Å². The van der Waals surface area contributed by atoms with Crippen molar-refractivity contribution in [3.05, 3.63) is 26.3 Å². The second kappa shape index (κ2) is 5.71. The summed E-state index contributed by atoms with van der Waals surface area (Å²) in [6, 6.07) is -0.742. The number of carboxylic acid groups (broad SMARTS) is 1. The van der Waals surface area contributed by atoms with Crippen molar-refractivity contribution >= 4 is 33.4 Å². The van der Waals surface area contributed by atoms with E-state index in [0.29, 0.717) is 35.5 Å². The van der Waals surface area contributed by atoms with Gasteiger partial charge >= 0.3 is 5.97 Å². The Morgan fingerprint density at radius 1 is 1.70 bits per heavy atom. The third kappa shape index (κ3) is 2.59. The summed E-state index contributed by atoms with van der Waals surface area (Å²) in [6.45, 7) is 3.01. The molecule has 1 atom stereocenters. The van der Waals surface area contributed by atoms with Gasteiger partial charge in [-0.3, -0.25) is 10.1 Å². The summed E-state index contributed by atoms with van der Waals surface area (Å²) in [7, 11) is 0. The van der Waals surface area contributed by atoms with Crippen molar-refractivity contribution in [2.75, 3.05) is 24.5 Å². The van der Waals surface area contributed by atoms with Crippen molar-refractivity contribution in [2.45, 2.75) is 13.0 Å². The molecule has 2 heterocycles. The monoisotopic (exact) mass is 344 g/mol. The number of nitro groups is 1. The number of aliphatic carboxylic acids is 1. The minimum Gasteiger partial charge on any atom is -0.480 e. The Bertz CT molecular complexity index is 566. The van der Waals surface area contributed by atoms with Crippen LogP contribution in [0.15, 0.2) is 10.7 Å². The van der Waals surface area contributed by atoms with Crippen LogP contribution in [0.2, 0.25) is 0 Å². The van der Waals surface area contributed by atoms with Crippen LogP contribution in [0, 0.1) is 17.0 Å². The molecule has 1 unspecified atom stereocenters. The first kappa shape index (κ1) is 14.7. The molecule has 2 N–H and O–H groups in total. The number of nitrogens with zero attached hydrogens (tertiary/aromatic N) is 3. The van der Waals surface area contributed by atoms with Gasteiger partial charge in [-0.25, -0.2) is 9.78 Å². The number of aromatic nitrogens is 1. The highest BCUT2D eigenvalue weighted by molar-refractivity contribution is 9.10. The Morgan fingerprint density at radius 3 is 3.00 bits per heavy atom. The fraction of sp³-hybridized carbons (Fsp3) is 0.455. The van der Waals surface area contributed by atoms with Gasteiger partial charge in [-0.1, -0.05) is 0 Å². The zero-order valence-electron chi connectivity index (χ0n) is 10.7. The Kier molecular flexibility index (Phi) is 4.19. The highest BCUT2D eigenvalue weighted by atomic mass is 79.9. The van der Waals surface area contributed by atoms with Crippen LogP contribution in [0.5, 0.6) is 0 Å². The minimum atomic E-state index is -0.957. The second-order valence-corrected chi connectivity index (χ2v) is 5.21. The molecular formula is C11H13BrN4O4. The van der Waals surface area contributed by atoms with Crippen molar-refractivity contribution in [1.29, 1.82) is 0 Å². The van der Waals surface area contributed by atoms with Gasteiger partial charge in [0.15, 0.2) is 0 Å². The van der Waals surface area contributed by atoms with Gasteiger partial charge < -0.3 is 15.3 Å². The smallest absolute Gasteiger partial charge is 0.327 e. The first-order valence-corrected chi connectivity index (χ1v) is 6.72. The normalized spacial score (nSPS) is 18.9. The van der Waals surface area contributed by atoms with E-state index in [4.69, 9.17) is 0 Å². The van der Waals surface area contributed by atoms with Gasteiger partial charge in [-0.05, 0) is 22.9 Å². The number of hydrogen-bond donors (Lipinski definition) is 2. The molecule has 108 valence electrons. The van der Waals surface area contributed by atoms with Crippen LogP contribution in [0.25, 0.3) is 0 Å². The molecule has 1 saturated heterocycles. The van der Waals surface area contributed by atoms with Gasteiger partial charge in [0.1, 0.15) is 18.1 Å². The Balaban J connectivity index is 2.44. The summed E-state index contributed by atoms with van der Waals surface area (Å²) in [5.74, 6) is -0.538. The quantitative estimate of drug-likeness (QED) is 0.619. The Morgan fingerprint density at radius 2 is 2.40 bits per heavy atom. The Hall–Kier alpha value is -1.74. The molecule has 1 aromatic heterocycles. The molecule has 1 aliphatic rings. The molecule has 1 fully saturated rings. The van der Waals surface area contributed by atoms with E-state index in [1.165, 1.54) is 0 Å². The molecule has 9 heteroatoms. The van der Waals surface area contributed by atoms with Crippen LogP contribution < -0.4 is 10.2 Å². The van der Waals surface area contributed by atoms with Crippen LogP contribution >= 0.6 is 15.9 Å². The molecule has 2 rings (SSSR count). The number of carboxylic acids is 1. The van der Waals surface area contributed by atoms with E-state index in [1.807, 2.05) is 0 Å². The van der Waals surface area contributed by atoms with Gasteiger partial charge in [0.25, 0.3) is 5.69 Å². The van der Waals surface area contributed by atoms with Gasteiger partial charge in [-0.2, -0.15) is 0 Å². The van der Waals surface area contributed by atoms with E-state index in [2.05, 4.69) is 26.2 Å². The predicted molar refractivity (Wildman–Crippen MR) is 75.0 cm³/mol. The highest BCUT2D eigenvalue weighted by Gasteiger charge is 2.32. The van der Waals surface area contributed by atoms with Crippen molar-refractivity contribution in [1.82, 2.24) is 10.3 Å². The summed E-state index contributed by atoms with van der Waals surface area (Å²) in [6.07, 6.45) is 1.16. The molecule has 0 radical (unpaired) electrons. The lowest BCUT2D eigenvalue weighted by Gasteiger charge is -2.35. The molecule has 8 nitrogen and oxygen atoms in total. The third-order valence-corrected chi connectivity index (χ3v) is 4.17. The number of hydrogen-bond acceptors (Lipinski definition) is 6. The number of piperazine rings is 1. The van der Waals surface area contributed by atoms with Crippen molar-refractivity contribution < 1.29 is 14.8 Å². The van der Waals surface area contributed by atoms with E-state index in [-0.39, 0.29) is 5.69 Å². The third-order valence-electron chi connectivity index (χ3n) is 3.22. The van der Waals surface area contributed by atoms with Gasteiger partial charge in [-0.15, -0.1) is 0 Å². The summed E-state index contributed by atoms with van der Waals surface area (Å²) in [4.78, 5) is 27.3. The number of carbonyl (C=O) groups is 1. The van der Waals surface area contributed by atoms with E-state index < -0.39 is 16.9 Å². The van der Waals surface area contributed by atoms with Crippen molar-refractivity contribution in [3.8, 4) is 0 Å². The fourth-order valence-electron chi connectivity index (χ4n) is 2.12. The summed E-state index contributed by atoms with van der Waals surface area (Å²) in [5.41, 5.74) is 0.338. The standard InChI is InChI=1S/C11H13BrN4O4/c1-6-7(16(19)20)5-14-10(9(6)12)15-3-2-13-4-8(15)11(17)18/h5,8,13H,2-4H2,1H3,(H,17,18). The molecule has 0 saturated carbocycles. The lowest BCUT2D eigenvalue weighted by Crippen LogP contribution is -2.55. The van der Waals surface area contributed by atoms with E-state index >= 15 is 0 Å². The SMILES string of the molecule is Cc1c([N+](=O)[O-])cnc(N2CCNCC2C(=O)O)c1Br. The summed E-state index contributed by atoms with van der Waals surface area (Å²) >= 11 is 3.29. The fourth-order valence-corrected chi connectivity index (χ4v) is 2.65. The number of rotatable bonds is 3. The second-order valence-electron chi connectivity index (χ2n) is 4.41. The lowest BCUT2D eigenvalue weighted by atomic mass is 10.1. The molecule has 0 aromatic carbocycles. The lowest BCUT2D eigenvalue weighted by molar-refractivity contribution is -0.385. The predicted octanol–water partition coefficient (Wildman–Crippen LogP) is 0.924. The zero-order valence-corrected chi connectivity index (χ0v) is 12.3. The van der Waals surface area contributed by atoms with E-state index in [0.717, 1.165) is 6.20 Å². The number of nitrogens with one attached hydrogen (secondary N) is 1. The number of anilines is 1. The maximum Gasteiger partial charge on any atom is 0.327 e. The highest BCUT2D eigenvalue weighted by Crippen LogP contribution is 2.33. The molecule has 0 spiro atoms. The summed E-state index contributed by atoms with van der Waals surface area (Å²) in [5, 5.41) is 23.1. The molecule has 20 heavy (non-hydrogen) atoms. The molecule has 0 aliphatic carbocycles. The van der Waals surface area contributed by atoms with Crippen LogP contribution in [-0.4, -0.2) is 46.7 Å². The van der Waals surface area contributed by atoms with E-state index in [1.54, 1.807) is 11.8 Å². The maximum absolute atomic E-state index is 11.3. The van der Waals surface area contributed by atoms with Gasteiger partial charge in [0, 0.05) is 25.2 Å². The first-order chi connectivity index (χ1) is 9.43. The average Bonchev–Trinajstić information content (AvgIpc) is 2.41. The van der Waals surface area contributed by atoms with Crippen LogP contribution in [-0.2, 0) is 4.79 Å². The molecule has 1 aliphatic heterocycles. The molecular weight excluding hydrogens is 332 g/mol. The molecule has 0 amide bonds. The van der Waals surface area contributed by atoms with E-state index in [9.17, 15) is 20.0 Å². The van der Waals surface area contributed by atoms with Gasteiger partial charge in [0.05, 0.1) is 9.40 Å². The first-order valence-electron chi connectivity index (χ1n) is 5.93. The van der Waals surface area contributed by atoms with Crippen LogP contribution in [0.4, 0.5) is 11.5 Å². The largest absolute Gasteiger partial charge is 0.480 e. The van der Waals surface area contributed by atoms with Crippen LogP contribution in [0.1, 0.15) is 5.56 Å². The van der Waals surface area contributed by atoms with Crippen molar-refractivity contribution in [3.63, 3.8) is 0 Å².